The van der Waals surface area contributed by atoms with Crippen molar-refractivity contribution in [2.45, 2.75) is 32.1 Å². The number of benzene rings is 2. The van der Waals surface area contributed by atoms with Crippen LogP contribution in [0.5, 0.6) is 5.75 Å². The van der Waals surface area contributed by atoms with Gasteiger partial charge in [-0.15, -0.1) is 0 Å². The zero-order valence-corrected chi connectivity index (χ0v) is 14.5. The zero-order chi connectivity index (χ0) is 22.0. The number of alkyl halides is 5. The Morgan fingerprint density at radius 1 is 0.828 bits per heavy atom. The fourth-order valence-electron chi connectivity index (χ4n) is 2.40. The summed E-state index contributed by atoms with van der Waals surface area (Å²) in [7, 11) is 0. The number of aryl methyl sites for hydroxylation is 1. The summed E-state index contributed by atoms with van der Waals surface area (Å²) in [5, 5.41) is 0. The first kappa shape index (κ1) is 22.5. The fraction of sp³-hybridized carbons (Fsp3) is 0.263. The van der Waals surface area contributed by atoms with Crippen LogP contribution in [0.15, 0.2) is 24.3 Å². The SMILES string of the molecule is CCCc1cc(F)c(C(F)(F)Oc2cc(F)c(C#CC(F)(F)F)c(F)c2)c(F)c1. The summed E-state index contributed by atoms with van der Waals surface area (Å²) in [5.74, 6) is -6.12. The van der Waals surface area contributed by atoms with Crippen LogP contribution in [0, 0.1) is 35.1 Å². The van der Waals surface area contributed by atoms with Crippen LogP contribution in [0.25, 0.3) is 0 Å². The summed E-state index contributed by atoms with van der Waals surface area (Å²) in [6, 6.07) is 1.60. The van der Waals surface area contributed by atoms with Crippen molar-refractivity contribution in [3.63, 3.8) is 0 Å². The summed E-state index contributed by atoms with van der Waals surface area (Å²) in [6.45, 7) is 1.70. The molecule has 0 radical (unpaired) electrons. The number of halogens is 9. The Hall–Kier alpha value is -2.83. The van der Waals surface area contributed by atoms with Gasteiger partial charge in [-0.2, -0.15) is 22.0 Å². The van der Waals surface area contributed by atoms with Crippen LogP contribution in [0.4, 0.5) is 39.5 Å². The lowest BCUT2D eigenvalue weighted by atomic mass is 10.1. The van der Waals surface area contributed by atoms with Gasteiger partial charge in [0.25, 0.3) is 0 Å². The predicted octanol–water partition coefficient (Wildman–Crippen LogP) is 6.24. The Balaban J connectivity index is 2.39. The van der Waals surface area contributed by atoms with Gasteiger partial charge in [0.1, 0.15) is 34.6 Å². The summed E-state index contributed by atoms with van der Waals surface area (Å²) < 4.78 is 124. The van der Waals surface area contributed by atoms with Crippen LogP contribution in [-0.4, -0.2) is 6.18 Å². The highest BCUT2D eigenvalue weighted by molar-refractivity contribution is 5.42. The minimum Gasteiger partial charge on any atom is -0.429 e. The van der Waals surface area contributed by atoms with E-state index in [1.807, 2.05) is 0 Å². The second-order valence-corrected chi connectivity index (χ2v) is 5.81. The Labute approximate surface area is 159 Å². The quantitative estimate of drug-likeness (QED) is 0.407. The highest BCUT2D eigenvalue weighted by atomic mass is 19.4. The Bertz CT molecular complexity index is 922. The predicted molar refractivity (Wildman–Crippen MR) is 84.2 cm³/mol. The van der Waals surface area contributed by atoms with Gasteiger partial charge in [-0.05, 0) is 24.1 Å². The molecule has 29 heavy (non-hydrogen) atoms. The molecule has 0 N–H and O–H groups in total. The van der Waals surface area contributed by atoms with Crippen molar-refractivity contribution in [1.82, 2.24) is 0 Å². The molecule has 0 aliphatic rings. The molecule has 0 heterocycles. The molecule has 2 aromatic carbocycles. The van der Waals surface area contributed by atoms with Crippen LogP contribution in [0.1, 0.15) is 30.0 Å². The van der Waals surface area contributed by atoms with Crippen LogP contribution in [0.3, 0.4) is 0 Å². The highest BCUT2D eigenvalue weighted by Crippen LogP contribution is 2.36. The molecule has 0 spiro atoms. The molecule has 0 aromatic heterocycles. The molecule has 0 amide bonds. The van der Waals surface area contributed by atoms with Gasteiger partial charge in [0, 0.05) is 18.1 Å². The molecule has 0 bridgehead atoms. The molecule has 0 unspecified atom stereocenters. The molecule has 0 saturated heterocycles. The normalized spacial score (nSPS) is 11.8. The minimum absolute atomic E-state index is 0.117. The van der Waals surface area contributed by atoms with E-state index in [1.54, 1.807) is 6.92 Å². The average molecular weight is 426 g/mol. The molecule has 0 saturated carbocycles. The van der Waals surface area contributed by atoms with E-state index in [4.69, 9.17) is 0 Å². The van der Waals surface area contributed by atoms with Crippen molar-refractivity contribution in [3.05, 3.63) is 64.2 Å². The van der Waals surface area contributed by atoms with Gasteiger partial charge in [0.15, 0.2) is 0 Å². The van der Waals surface area contributed by atoms with Crippen molar-refractivity contribution < 1.29 is 44.3 Å². The van der Waals surface area contributed by atoms with Gasteiger partial charge >= 0.3 is 12.3 Å². The summed E-state index contributed by atoms with van der Waals surface area (Å²) in [5.41, 5.74) is -3.00. The number of rotatable bonds is 5. The van der Waals surface area contributed by atoms with Gasteiger partial charge in [-0.1, -0.05) is 19.3 Å². The molecular weight excluding hydrogens is 415 g/mol. The van der Waals surface area contributed by atoms with E-state index in [2.05, 4.69) is 4.74 Å². The topological polar surface area (TPSA) is 9.23 Å². The van der Waals surface area contributed by atoms with E-state index < -0.39 is 52.4 Å². The van der Waals surface area contributed by atoms with Crippen molar-refractivity contribution in [1.29, 1.82) is 0 Å². The number of hydrogen-bond donors (Lipinski definition) is 0. The molecule has 10 heteroatoms. The monoisotopic (exact) mass is 426 g/mol. The average Bonchev–Trinajstić information content (AvgIpc) is 2.51. The van der Waals surface area contributed by atoms with Gasteiger partial charge in [-0.3, -0.25) is 0 Å². The van der Waals surface area contributed by atoms with E-state index in [1.165, 1.54) is 5.92 Å². The minimum atomic E-state index is -5.04. The van der Waals surface area contributed by atoms with Crippen molar-refractivity contribution >= 4 is 0 Å². The molecule has 0 atom stereocenters. The third kappa shape index (κ3) is 5.59. The van der Waals surface area contributed by atoms with Gasteiger partial charge in [0.05, 0.1) is 5.56 Å². The first-order valence-corrected chi connectivity index (χ1v) is 7.98. The molecular formula is C19H11F9O. The summed E-state index contributed by atoms with van der Waals surface area (Å²) >= 11 is 0. The van der Waals surface area contributed by atoms with E-state index in [0.29, 0.717) is 24.5 Å². The van der Waals surface area contributed by atoms with Gasteiger partial charge in [0.2, 0.25) is 0 Å². The maximum Gasteiger partial charge on any atom is 0.458 e. The van der Waals surface area contributed by atoms with Crippen molar-refractivity contribution in [2.24, 2.45) is 0 Å². The molecule has 156 valence electrons. The zero-order valence-electron chi connectivity index (χ0n) is 14.5. The first-order chi connectivity index (χ1) is 13.3. The van der Waals surface area contributed by atoms with Gasteiger partial charge < -0.3 is 4.74 Å². The maximum absolute atomic E-state index is 14.2. The Morgan fingerprint density at radius 3 is 1.79 bits per heavy atom. The first-order valence-electron chi connectivity index (χ1n) is 7.98. The van der Waals surface area contributed by atoms with E-state index in [9.17, 15) is 39.5 Å². The summed E-state index contributed by atoms with van der Waals surface area (Å²) in [4.78, 5) is 0. The third-order valence-electron chi connectivity index (χ3n) is 3.52. The largest absolute Gasteiger partial charge is 0.458 e. The number of ether oxygens (including phenoxy) is 1. The lowest BCUT2D eigenvalue weighted by Gasteiger charge is -2.20. The maximum atomic E-state index is 14.2. The van der Waals surface area contributed by atoms with Crippen LogP contribution < -0.4 is 4.74 Å². The van der Waals surface area contributed by atoms with E-state index in [0.717, 1.165) is 0 Å². The van der Waals surface area contributed by atoms with Gasteiger partial charge in [-0.25, -0.2) is 17.6 Å². The molecule has 0 aliphatic carbocycles. The summed E-state index contributed by atoms with van der Waals surface area (Å²) in [6.07, 6.45) is -9.00. The highest BCUT2D eigenvalue weighted by Gasteiger charge is 2.41. The van der Waals surface area contributed by atoms with Crippen molar-refractivity contribution in [2.75, 3.05) is 0 Å². The standard InChI is InChI=1S/C19H11F9O/c1-2-3-10-6-15(22)17(16(23)7-10)19(27,28)29-11-8-13(20)12(14(21)9-11)4-5-18(24,25)26/h6-9H,2-3H2,1H3. The fourth-order valence-corrected chi connectivity index (χ4v) is 2.40. The lowest BCUT2D eigenvalue weighted by molar-refractivity contribution is -0.189. The Kier molecular flexibility index (Phi) is 6.40. The third-order valence-corrected chi connectivity index (χ3v) is 3.52. The molecule has 2 aromatic rings. The second-order valence-electron chi connectivity index (χ2n) is 5.81. The second kappa shape index (κ2) is 8.27. The molecule has 0 fully saturated rings. The molecule has 1 nitrogen and oxygen atoms in total. The number of hydrogen-bond acceptors (Lipinski definition) is 1. The Morgan fingerprint density at radius 2 is 1.34 bits per heavy atom. The molecule has 2 rings (SSSR count). The van der Waals surface area contributed by atoms with Crippen LogP contribution >= 0.6 is 0 Å². The smallest absolute Gasteiger partial charge is 0.429 e. The van der Waals surface area contributed by atoms with Crippen LogP contribution in [0.2, 0.25) is 0 Å². The van der Waals surface area contributed by atoms with Crippen molar-refractivity contribution in [3.8, 4) is 17.6 Å². The van der Waals surface area contributed by atoms with E-state index >= 15 is 0 Å². The van der Waals surface area contributed by atoms with Crippen LogP contribution in [-0.2, 0) is 12.5 Å². The van der Waals surface area contributed by atoms with E-state index in [-0.39, 0.29) is 24.1 Å². The lowest BCUT2D eigenvalue weighted by Crippen LogP contribution is -2.25. The molecule has 0 aliphatic heterocycles.